The van der Waals surface area contributed by atoms with E-state index in [9.17, 15) is 9.59 Å². The number of nitrogens with zero attached hydrogens (tertiary/aromatic N) is 2. The van der Waals surface area contributed by atoms with Gasteiger partial charge in [-0.1, -0.05) is 22.9 Å². The van der Waals surface area contributed by atoms with Gasteiger partial charge in [-0.3, -0.25) is 9.59 Å². The maximum Gasteiger partial charge on any atom is 0.312 e. The number of piperazine rings is 1. The summed E-state index contributed by atoms with van der Waals surface area (Å²) in [5.41, 5.74) is 0.0567. The Morgan fingerprint density at radius 3 is 2.35 bits per heavy atom. The molecule has 2 saturated heterocycles. The van der Waals surface area contributed by atoms with Crippen molar-refractivity contribution in [3.63, 3.8) is 0 Å². The second kappa shape index (κ2) is 6.89. The Bertz CT molecular complexity index is 369. The number of carbonyl (C=O) groups excluding carboxylic acids is 2. The Kier molecular flexibility index (Phi) is 5.43. The largest absolute Gasteiger partial charge is 0.381 e. The first kappa shape index (κ1) is 15.8. The lowest BCUT2D eigenvalue weighted by Crippen LogP contribution is -2.57. The molecule has 5 nitrogen and oxygen atoms in total. The van der Waals surface area contributed by atoms with E-state index in [4.69, 9.17) is 4.74 Å². The van der Waals surface area contributed by atoms with Crippen LogP contribution in [0.3, 0.4) is 0 Å². The van der Waals surface area contributed by atoms with Crippen molar-refractivity contribution >= 4 is 27.7 Å². The zero-order valence-corrected chi connectivity index (χ0v) is 13.7. The molecule has 0 saturated carbocycles. The van der Waals surface area contributed by atoms with Crippen LogP contribution < -0.4 is 0 Å². The zero-order chi connectivity index (χ0) is 14.6. The van der Waals surface area contributed by atoms with E-state index < -0.39 is 0 Å². The minimum Gasteiger partial charge on any atom is -0.381 e. The number of ether oxygens (including phenoxy) is 1. The van der Waals surface area contributed by atoms with Crippen molar-refractivity contribution in [2.24, 2.45) is 5.41 Å². The van der Waals surface area contributed by atoms with Crippen LogP contribution in [0.25, 0.3) is 0 Å². The first-order chi connectivity index (χ1) is 9.62. The fourth-order valence-electron chi connectivity index (χ4n) is 2.89. The lowest BCUT2D eigenvalue weighted by Gasteiger charge is -2.42. The van der Waals surface area contributed by atoms with Gasteiger partial charge >= 0.3 is 11.8 Å². The van der Waals surface area contributed by atoms with E-state index in [1.807, 2.05) is 6.92 Å². The summed E-state index contributed by atoms with van der Waals surface area (Å²) in [7, 11) is 0. The normalized spacial score (nSPS) is 23.3. The molecule has 2 fully saturated rings. The van der Waals surface area contributed by atoms with Crippen molar-refractivity contribution in [3.8, 4) is 0 Å². The molecular weight excluding hydrogens is 324 g/mol. The third-order valence-corrected chi connectivity index (χ3v) is 5.44. The molecule has 2 aliphatic heterocycles. The van der Waals surface area contributed by atoms with Crippen LogP contribution in [0.4, 0.5) is 0 Å². The number of amides is 2. The minimum absolute atomic E-state index is 0.0567. The molecule has 0 radical (unpaired) electrons. The van der Waals surface area contributed by atoms with Crippen LogP contribution in [0.2, 0.25) is 0 Å². The van der Waals surface area contributed by atoms with Crippen LogP contribution in [0.15, 0.2) is 0 Å². The molecule has 2 amide bonds. The van der Waals surface area contributed by atoms with Crippen LogP contribution in [0.5, 0.6) is 0 Å². The first-order valence-electron chi connectivity index (χ1n) is 7.34. The lowest BCUT2D eigenvalue weighted by atomic mass is 9.81. The number of alkyl halides is 1. The quantitative estimate of drug-likeness (QED) is 0.556. The average Bonchev–Trinajstić information content (AvgIpc) is 2.48. The van der Waals surface area contributed by atoms with Gasteiger partial charge < -0.3 is 14.5 Å². The van der Waals surface area contributed by atoms with E-state index in [0.29, 0.717) is 26.2 Å². The Balaban J connectivity index is 1.99. The number of hydrogen-bond acceptors (Lipinski definition) is 3. The Hall–Kier alpha value is -0.620. The highest BCUT2D eigenvalue weighted by Crippen LogP contribution is 2.34. The summed E-state index contributed by atoms with van der Waals surface area (Å²) in [5, 5.41) is 0.847. The van der Waals surface area contributed by atoms with Gasteiger partial charge in [-0.15, -0.1) is 0 Å². The van der Waals surface area contributed by atoms with Gasteiger partial charge in [0.1, 0.15) is 0 Å². The number of halogens is 1. The van der Waals surface area contributed by atoms with Gasteiger partial charge in [0.25, 0.3) is 0 Å². The summed E-state index contributed by atoms with van der Waals surface area (Å²) < 4.78 is 5.41. The van der Waals surface area contributed by atoms with Crippen molar-refractivity contribution in [1.82, 2.24) is 9.80 Å². The molecule has 6 heteroatoms. The van der Waals surface area contributed by atoms with Crippen molar-refractivity contribution in [2.45, 2.75) is 26.2 Å². The molecule has 0 aromatic heterocycles. The highest BCUT2D eigenvalue weighted by Gasteiger charge is 2.39. The van der Waals surface area contributed by atoms with E-state index >= 15 is 0 Å². The minimum atomic E-state index is -0.338. The molecular formula is C14H23BrN2O3. The predicted molar refractivity (Wildman–Crippen MR) is 79.7 cm³/mol. The summed E-state index contributed by atoms with van der Waals surface area (Å²) in [6, 6.07) is 0. The molecule has 0 aromatic carbocycles. The molecule has 0 atom stereocenters. The molecule has 0 N–H and O–H groups in total. The Morgan fingerprint density at radius 1 is 1.15 bits per heavy atom. The van der Waals surface area contributed by atoms with Gasteiger partial charge in [-0.2, -0.15) is 0 Å². The van der Waals surface area contributed by atoms with Crippen molar-refractivity contribution in [2.75, 3.05) is 44.7 Å². The Morgan fingerprint density at radius 2 is 1.75 bits per heavy atom. The number of carbonyl (C=O) groups is 2. The maximum absolute atomic E-state index is 12.2. The topological polar surface area (TPSA) is 49.9 Å². The Labute approximate surface area is 128 Å². The van der Waals surface area contributed by atoms with Crippen LogP contribution in [0, 0.1) is 5.41 Å². The summed E-state index contributed by atoms with van der Waals surface area (Å²) >= 11 is 3.58. The second-order valence-corrected chi connectivity index (χ2v) is 6.33. The fraction of sp³-hybridized carbons (Fsp3) is 0.857. The van der Waals surface area contributed by atoms with E-state index in [1.165, 1.54) is 0 Å². The van der Waals surface area contributed by atoms with Gasteiger partial charge in [0.2, 0.25) is 0 Å². The van der Waals surface area contributed by atoms with E-state index in [-0.39, 0.29) is 17.2 Å². The summed E-state index contributed by atoms with van der Waals surface area (Å²) in [4.78, 5) is 27.7. The van der Waals surface area contributed by atoms with Gasteiger partial charge in [-0.05, 0) is 19.3 Å². The summed E-state index contributed by atoms with van der Waals surface area (Å²) in [5.74, 6) is -0.675. The van der Waals surface area contributed by atoms with E-state index in [1.54, 1.807) is 9.80 Å². The summed E-state index contributed by atoms with van der Waals surface area (Å²) in [6.07, 6.45) is 2.77. The average molecular weight is 347 g/mol. The SMILES string of the molecule is CCCN1CCN(CC2(CBr)CCOCC2)C(=O)C1=O. The third-order valence-electron chi connectivity index (χ3n) is 4.25. The molecule has 2 heterocycles. The van der Waals surface area contributed by atoms with E-state index in [0.717, 1.165) is 37.8 Å². The van der Waals surface area contributed by atoms with Gasteiger partial charge in [0.15, 0.2) is 0 Å². The van der Waals surface area contributed by atoms with Crippen molar-refractivity contribution in [1.29, 1.82) is 0 Å². The van der Waals surface area contributed by atoms with E-state index in [2.05, 4.69) is 15.9 Å². The second-order valence-electron chi connectivity index (χ2n) is 5.76. The van der Waals surface area contributed by atoms with Crippen LogP contribution in [-0.2, 0) is 14.3 Å². The third kappa shape index (κ3) is 3.34. The predicted octanol–water partition coefficient (Wildman–Crippen LogP) is 1.26. The highest BCUT2D eigenvalue weighted by molar-refractivity contribution is 9.09. The lowest BCUT2D eigenvalue weighted by molar-refractivity contribution is -0.157. The number of rotatable bonds is 5. The maximum atomic E-state index is 12.2. The monoisotopic (exact) mass is 346 g/mol. The molecule has 0 aliphatic carbocycles. The van der Waals surface area contributed by atoms with Crippen LogP contribution >= 0.6 is 15.9 Å². The molecule has 20 heavy (non-hydrogen) atoms. The van der Waals surface area contributed by atoms with Crippen molar-refractivity contribution in [3.05, 3.63) is 0 Å². The van der Waals surface area contributed by atoms with Gasteiger partial charge in [-0.25, -0.2) is 0 Å². The van der Waals surface area contributed by atoms with Gasteiger partial charge in [0.05, 0.1) is 0 Å². The van der Waals surface area contributed by atoms with Crippen LogP contribution in [0.1, 0.15) is 26.2 Å². The molecule has 0 aromatic rings. The summed E-state index contributed by atoms with van der Waals surface area (Å²) in [6.45, 7) is 6.15. The van der Waals surface area contributed by atoms with Crippen LogP contribution in [-0.4, -0.2) is 66.3 Å². The molecule has 2 aliphatic rings. The molecule has 2 rings (SSSR count). The smallest absolute Gasteiger partial charge is 0.312 e. The number of hydrogen-bond donors (Lipinski definition) is 0. The van der Waals surface area contributed by atoms with Crippen molar-refractivity contribution < 1.29 is 14.3 Å². The molecule has 0 spiro atoms. The van der Waals surface area contributed by atoms with Gasteiger partial charge in [0, 0.05) is 50.1 Å². The standard InChI is InChI=1S/C14H23BrN2O3/c1-2-5-16-6-7-17(13(19)12(16)18)11-14(10-15)3-8-20-9-4-14/h2-11H2,1H3. The molecule has 0 bridgehead atoms. The molecule has 114 valence electrons. The fourth-order valence-corrected chi connectivity index (χ4v) is 3.63. The highest BCUT2D eigenvalue weighted by atomic mass is 79.9. The molecule has 0 unspecified atom stereocenters. The zero-order valence-electron chi connectivity index (χ0n) is 12.1. The first-order valence-corrected chi connectivity index (χ1v) is 8.46.